The number of rotatable bonds is 13. The number of amides is 3. The summed E-state index contributed by atoms with van der Waals surface area (Å²) in [6, 6.07) is 15.5. The van der Waals surface area contributed by atoms with E-state index in [0.717, 1.165) is 43.2 Å². The number of hydrogen-bond donors (Lipinski definition) is 3. The lowest BCUT2D eigenvalue weighted by Gasteiger charge is -2.51. The maximum atomic E-state index is 14.8. The van der Waals surface area contributed by atoms with E-state index >= 15 is 0 Å². The largest absolute Gasteiger partial charge is 0.543 e. The van der Waals surface area contributed by atoms with Gasteiger partial charge in [0.05, 0.1) is 18.1 Å². The molecule has 0 radical (unpaired) electrons. The normalized spacial score (nSPS) is 29.7. The monoisotopic (exact) mass is 979 g/mol. The molecule has 2 aromatic rings. The summed E-state index contributed by atoms with van der Waals surface area (Å²) in [5, 5.41) is 7.57. The zero-order valence-electron chi connectivity index (χ0n) is 43.6. The van der Waals surface area contributed by atoms with Crippen molar-refractivity contribution in [2.24, 2.45) is 17.8 Å². The Bertz CT molecular complexity index is 2220. The van der Waals surface area contributed by atoms with E-state index in [1.165, 1.54) is 10.6 Å². The topological polar surface area (TPSA) is 145 Å². The predicted molar refractivity (Wildman–Crippen MR) is 279 cm³/mol. The van der Waals surface area contributed by atoms with E-state index in [4.69, 9.17) is 18.6 Å². The zero-order chi connectivity index (χ0) is 50.6. The first-order chi connectivity index (χ1) is 33.2. The number of hydrazine groups is 1. The molecule has 3 saturated heterocycles. The molecule has 0 spiro atoms. The van der Waals surface area contributed by atoms with Crippen LogP contribution in [0.4, 0.5) is 0 Å². The molecule has 9 atom stereocenters. The molecule has 4 aliphatic rings. The van der Waals surface area contributed by atoms with Crippen molar-refractivity contribution in [3.8, 4) is 5.75 Å². The van der Waals surface area contributed by atoms with E-state index in [-0.39, 0.29) is 35.3 Å². The highest BCUT2D eigenvalue weighted by Gasteiger charge is 2.52. The molecule has 0 aliphatic carbocycles. The number of carbonyl (C=O) groups is 4. The lowest BCUT2D eigenvalue weighted by Crippen LogP contribution is -2.63. The molecule has 4 heterocycles. The van der Waals surface area contributed by atoms with Crippen LogP contribution in [0.2, 0.25) is 18.1 Å². The van der Waals surface area contributed by atoms with Crippen LogP contribution >= 0.6 is 0 Å². The smallest absolute Gasteiger partial charge is 0.325 e. The van der Waals surface area contributed by atoms with Crippen molar-refractivity contribution in [1.29, 1.82) is 0 Å². The molecule has 3 amide bonds. The maximum Gasteiger partial charge on any atom is 0.325 e. The minimum atomic E-state index is -2.20. The molecule has 382 valence electrons. The summed E-state index contributed by atoms with van der Waals surface area (Å²) in [7, 11) is -2.20. The number of carbonyl (C=O) groups excluding carboxylic acids is 4. The van der Waals surface area contributed by atoms with E-state index < -0.39 is 68.1 Å². The van der Waals surface area contributed by atoms with Gasteiger partial charge >= 0.3 is 5.97 Å². The fourth-order valence-electron chi connectivity index (χ4n) is 9.47. The number of esters is 1. The minimum absolute atomic E-state index is 0.0323. The van der Waals surface area contributed by atoms with Crippen molar-refractivity contribution >= 4 is 32.0 Å². The third kappa shape index (κ3) is 14.9. The summed E-state index contributed by atoms with van der Waals surface area (Å²) < 4.78 is 26.0. The quantitative estimate of drug-likeness (QED) is 0.0773. The fraction of sp³-hybridized carbons (Fsp3) is 0.579. The first-order valence-corrected chi connectivity index (χ1v) is 28.9. The number of unbranched alkanes of at least 4 members (excludes halogenated alkanes) is 3. The summed E-state index contributed by atoms with van der Waals surface area (Å²) >= 11 is 0. The molecular weight excluding hydrogens is 897 g/mol. The van der Waals surface area contributed by atoms with Crippen LogP contribution < -0.4 is 20.5 Å². The molecule has 0 unspecified atom stereocenters. The highest BCUT2D eigenvalue weighted by molar-refractivity contribution is 6.74. The average Bonchev–Trinajstić information content (AvgIpc) is 3.31. The molecule has 13 heteroatoms. The Morgan fingerprint density at radius 1 is 0.943 bits per heavy atom. The summed E-state index contributed by atoms with van der Waals surface area (Å²) in [5.41, 5.74) is 6.26. The number of fused-ring (bicyclic) bond motifs is 4. The second kappa shape index (κ2) is 24.5. The number of hydrogen-bond acceptors (Lipinski definition) is 9. The van der Waals surface area contributed by atoms with Gasteiger partial charge in [-0.3, -0.25) is 24.2 Å². The Balaban J connectivity index is 1.26. The third-order valence-corrected chi connectivity index (χ3v) is 19.3. The SMILES string of the molecule is C/C(=C\C=C\CCCCCc1ccccc1)[C@H]1C/C=C/C=C/[C@@H]2O[C@@]3(C)CC[C@@H](C(=O)N[C@H](C(C)C)C(=O)N[C@@H](Cc4cccc(O[Si](C)(C)C(C)(C)C)c4)C(=O)N4CCC[C@H](N4)C(=O)O1)[C@H](O3)[C@H]2C. The Morgan fingerprint density at radius 2 is 1.70 bits per heavy atom. The molecule has 5 bridgehead atoms. The number of allylic oxidation sites excluding steroid dienone is 5. The molecule has 3 fully saturated rings. The second-order valence-electron chi connectivity index (χ2n) is 22.0. The number of cyclic esters (lactones) is 1. The third-order valence-electron chi connectivity index (χ3n) is 14.9. The molecule has 70 heavy (non-hydrogen) atoms. The van der Waals surface area contributed by atoms with E-state index in [9.17, 15) is 19.2 Å². The first-order valence-electron chi connectivity index (χ1n) is 26.0. The van der Waals surface area contributed by atoms with Crippen LogP contribution in [0.1, 0.15) is 124 Å². The highest BCUT2D eigenvalue weighted by Crippen LogP contribution is 2.44. The molecule has 2 aromatic carbocycles. The number of aryl methyl sites for hydroxylation is 1. The second-order valence-corrected chi connectivity index (χ2v) is 26.7. The average molecular weight is 979 g/mol. The number of nitrogens with zero attached hydrogens (tertiary/aromatic N) is 1. The van der Waals surface area contributed by atoms with Crippen molar-refractivity contribution in [2.75, 3.05) is 6.54 Å². The number of ether oxygens (including phenoxy) is 3. The van der Waals surface area contributed by atoms with Crippen LogP contribution in [0.25, 0.3) is 0 Å². The van der Waals surface area contributed by atoms with Crippen molar-refractivity contribution in [3.63, 3.8) is 0 Å². The standard InChI is InChI=1S/C57H82N4O8Si/c1-39(2)50-53(63)58-47(38-43-29-23-30-44(37-43)69-70(9,10)56(5,6)7)54(64)61-36-24-31-46(60-61)55(65)66-48(40(3)25-17-13-11-12-14-18-26-42-27-19-15-20-28-42)32-21-16-22-33-49-41(4)51-45(52(62)59-50)34-35-57(8,67-49)68-51/h13,15-17,19-23,25,27-30,33,37,39,41,45-51,60H,11-12,14,18,24,26,31-32,34-36,38H2,1-10H3,(H,58,63)(H,59,62)/b17-13+,21-16+,33-22+,40-25+/t41-,45+,46-,47-,48+,49-,50+,51+,57+/m0/s1. The van der Waals surface area contributed by atoms with E-state index in [1.807, 2.05) is 95.3 Å². The van der Waals surface area contributed by atoms with Gasteiger partial charge in [0, 0.05) is 31.7 Å². The molecule has 0 saturated carbocycles. The van der Waals surface area contributed by atoms with Crippen molar-refractivity contribution in [2.45, 2.75) is 186 Å². The van der Waals surface area contributed by atoms with Gasteiger partial charge in [0.15, 0.2) is 5.79 Å². The van der Waals surface area contributed by atoms with Crippen LogP contribution in [-0.2, 0) is 46.2 Å². The van der Waals surface area contributed by atoms with Crippen molar-refractivity contribution < 1.29 is 37.8 Å². The Labute approximate surface area is 419 Å². The van der Waals surface area contributed by atoms with Gasteiger partial charge in [-0.15, -0.1) is 0 Å². The Hall–Kier alpha value is -4.82. The van der Waals surface area contributed by atoms with Gasteiger partial charge in [0.2, 0.25) is 20.1 Å². The van der Waals surface area contributed by atoms with Crippen LogP contribution in [0, 0.1) is 17.8 Å². The Kier molecular flexibility index (Phi) is 19.1. The maximum absolute atomic E-state index is 14.8. The van der Waals surface area contributed by atoms with Gasteiger partial charge in [-0.05, 0) is 112 Å². The molecule has 3 N–H and O–H groups in total. The van der Waals surface area contributed by atoms with E-state index in [2.05, 4.69) is 86.3 Å². The fourth-order valence-corrected chi connectivity index (χ4v) is 10.5. The lowest BCUT2D eigenvalue weighted by molar-refractivity contribution is -0.344. The van der Waals surface area contributed by atoms with Gasteiger partial charge in [-0.1, -0.05) is 133 Å². The number of benzene rings is 2. The summed E-state index contributed by atoms with van der Waals surface area (Å²) in [6.45, 7) is 20.9. The van der Waals surface area contributed by atoms with Crippen molar-refractivity contribution in [3.05, 3.63) is 114 Å². The lowest BCUT2D eigenvalue weighted by atomic mass is 9.79. The molecule has 12 nitrogen and oxygen atoms in total. The van der Waals surface area contributed by atoms with E-state index in [0.29, 0.717) is 44.4 Å². The first kappa shape index (κ1) is 54.5. The summed E-state index contributed by atoms with van der Waals surface area (Å²) in [6.07, 6.45) is 20.8. The van der Waals surface area contributed by atoms with Crippen molar-refractivity contribution in [1.82, 2.24) is 21.1 Å². The molecule has 6 rings (SSSR count). The Morgan fingerprint density at radius 3 is 2.44 bits per heavy atom. The van der Waals surface area contributed by atoms with Gasteiger partial charge in [0.25, 0.3) is 5.91 Å². The van der Waals surface area contributed by atoms with Gasteiger partial charge in [-0.2, -0.15) is 0 Å². The summed E-state index contributed by atoms with van der Waals surface area (Å²) in [5.74, 6) is -2.74. The molecule has 0 aromatic heterocycles. The zero-order valence-corrected chi connectivity index (χ0v) is 44.6. The highest BCUT2D eigenvalue weighted by atomic mass is 28.4. The van der Waals surface area contributed by atoms with Crippen LogP contribution in [0.15, 0.2) is 103 Å². The van der Waals surface area contributed by atoms with Gasteiger partial charge in [-0.25, -0.2) is 5.43 Å². The minimum Gasteiger partial charge on any atom is -0.543 e. The summed E-state index contributed by atoms with van der Waals surface area (Å²) in [4.78, 5) is 57.9. The van der Waals surface area contributed by atoms with Gasteiger partial charge < -0.3 is 29.3 Å². The number of nitrogens with one attached hydrogen (secondary N) is 3. The van der Waals surface area contributed by atoms with Gasteiger partial charge in [0.1, 0.15) is 30.0 Å². The predicted octanol–water partition coefficient (Wildman–Crippen LogP) is 10.0. The van der Waals surface area contributed by atoms with E-state index in [1.54, 1.807) is 0 Å². The van der Waals surface area contributed by atoms with Crippen LogP contribution in [-0.4, -0.2) is 85.8 Å². The molecular formula is C57H82N4O8Si. The molecule has 4 aliphatic heterocycles. The van der Waals surface area contributed by atoms with Crippen LogP contribution in [0.5, 0.6) is 5.75 Å². The van der Waals surface area contributed by atoms with Crippen LogP contribution in [0.3, 0.4) is 0 Å².